The fraction of sp³-hybridized carbons (Fsp3) is 0.857. The molecule has 0 saturated carbocycles. The van der Waals surface area contributed by atoms with Crippen LogP contribution in [0.3, 0.4) is 0 Å². The fourth-order valence-electron chi connectivity index (χ4n) is 2.49. The van der Waals surface area contributed by atoms with Crippen molar-refractivity contribution in [1.82, 2.24) is 15.5 Å². The number of amides is 2. The van der Waals surface area contributed by atoms with E-state index in [1.54, 1.807) is 4.90 Å². The molecular formula is C14H27N3O2. The fourth-order valence-corrected chi connectivity index (χ4v) is 2.49. The lowest BCUT2D eigenvalue weighted by molar-refractivity contribution is -0.140. The van der Waals surface area contributed by atoms with E-state index < -0.39 is 0 Å². The van der Waals surface area contributed by atoms with E-state index >= 15 is 0 Å². The average Bonchev–Trinajstić information content (AvgIpc) is 2.34. The van der Waals surface area contributed by atoms with Crippen LogP contribution in [-0.2, 0) is 9.59 Å². The number of hydrogen-bond acceptors (Lipinski definition) is 3. The summed E-state index contributed by atoms with van der Waals surface area (Å²) in [5.41, 5.74) is 0. The highest BCUT2D eigenvalue weighted by molar-refractivity contribution is 5.86. The maximum Gasteiger partial charge on any atom is 0.239 e. The van der Waals surface area contributed by atoms with Gasteiger partial charge in [-0.25, -0.2) is 0 Å². The van der Waals surface area contributed by atoms with Crippen LogP contribution in [0.25, 0.3) is 0 Å². The number of likely N-dealkylation sites (N-methyl/N-ethyl adjacent to an activating group) is 1. The summed E-state index contributed by atoms with van der Waals surface area (Å²) in [5.74, 6) is 0.545. The highest BCUT2D eigenvalue weighted by Crippen LogP contribution is 2.18. The van der Waals surface area contributed by atoms with Crippen molar-refractivity contribution in [2.75, 3.05) is 26.2 Å². The molecule has 5 nitrogen and oxygen atoms in total. The molecule has 0 aromatic rings. The topological polar surface area (TPSA) is 61.4 Å². The van der Waals surface area contributed by atoms with E-state index in [0.717, 1.165) is 19.5 Å². The minimum absolute atomic E-state index is 0.00977. The summed E-state index contributed by atoms with van der Waals surface area (Å²) in [5, 5.41) is 6.11. The van der Waals surface area contributed by atoms with E-state index in [9.17, 15) is 9.59 Å². The van der Waals surface area contributed by atoms with Gasteiger partial charge in [0, 0.05) is 19.1 Å². The van der Waals surface area contributed by atoms with Gasteiger partial charge in [-0.3, -0.25) is 9.59 Å². The normalized spacial score (nSPS) is 23.2. The maximum absolute atomic E-state index is 12.4. The molecule has 1 fully saturated rings. The minimum Gasteiger partial charge on any atom is -0.352 e. The Morgan fingerprint density at radius 3 is 2.58 bits per heavy atom. The Kier molecular flexibility index (Phi) is 6.28. The van der Waals surface area contributed by atoms with Gasteiger partial charge in [0.05, 0.1) is 12.5 Å². The van der Waals surface area contributed by atoms with Crippen molar-refractivity contribution in [3.8, 4) is 0 Å². The van der Waals surface area contributed by atoms with E-state index in [1.165, 1.54) is 0 Å². The smallest absolute Gasteiger partial charge is 0.239 e. The molecule has 0 aliphatic carbocycles. The molecule has 0 aromatic carbocycles. The summed E-state index contributed by atoms with van der Waals surface area (Å²) in [6.45, 7) is 10.3. The van der Waals surface area contributed by atoms with Crippen molar-refractivity contribution < 1.29 is 9.59 Å². The molecule has 1 saturated heterocycles. The third kappa shape index (κ3) is 5.19. The summed E-state index contributed by atoms with van der Waals surface area (Å²) in [4.78, 5) is 25.8. The quantitative estimate of drug-likeness (QED) is 0.768. The van der Waals surface area contributed by atoms with Crippen molar-refractivity contribution in [3.05, 3.63) is 0 Å². The van der Waals surface area contributed by atoms with E-state index in [2.05, 4.69) is 17.6 Å². The van der Waals surface area contributed by atoms with Crippen molar-refractivity contribution in [2.24, 2.45) is 11.8 Å². The number of carbonyl (C=O) groups excluding carboxylic acids is 2. The van der Waals surface area contributed by atoms with Crippen LogP contribution in [0.4, 0.5) is 0 Å². The first-order valence-corrected chi connectivity index (χ1v) is 7.22. The van der Waals surface area contributed by atoms with Crippen molar-refractivity contribution in [3.63, 3.8) is 0 Å². The molecule has 2 N–H and O–H groups in total. The van der Waals surface area contributed by atoms with Gasteiger partial charge in [-0.2, -0.15) is 0 Å². The van der Waals surface area contributed by atoms with Gasteiger partial charge in [0.15, 0.2) is 0 Å². The van der Waals surface area contributed by atoms with Crippen molar-refractivity contribution >= 4 is 11.8 Å². The van der Waals surface area contributed by atoms with Gasteiger partial charge in [0.25, 0.3) is 0 Å². The predicted molar refractivity (Wildman–Crippen MR) is 75.7 cm³/mol. The van der Waals surface area contributed by atoms with Crippen molar-refractivity contribution in [1.29, 1.82) is 0 Å². The van der Waals surface area contributed by atoms with Gasteiger partial charge in [0.1, 0.15) is 0 Å². The molecule has 1 aliphatic rings. The monoisotopic (exact) mass is 269 g/mol. The molecule has 0 bridgehead atoms. The van der Waals surface area contributed by atoms with E-state index in [1.807, 2.05) is 20.8 Å². The van der Waals surface area contributed by atoms with Crippen LogP contribution in [0.5, 0.6) is 0 Å². The molecule has 0 aromatic heterocycles. The molecule has 1 aliphatic heterocycles. The van der Waals surface area contributed by atoms with Gasteiger partial charge in [-0.1, -0.05) is 6.92 Å². The van der Waals surface area contributed by atoms with E-state index in [-0.39, 0.29) is 30.3 Å². The van der Waals surface area contributed by atoms with Crippen molar-refractivity contribution in [2.45, 2.75) is 40.2 Å². The predicted octanol–water partition coefficient (Wildman–Crippen LogP) is 0.605. The Labute approximate surface area is 116 Å². The number of carbonyl (C=O) groups is 2. The Morgan fingerprint density at radius 2 is 2.05 bits per heavy atom. The first-order chi connectivity index (χ1) is 8.93. The van der Waals surface area contributed by atoms with Crippen LogP contribution < -0.4 is 10.6 Å². The largest absolute Gasteiger partial charge is 0.352 e. The van der Waals surface area contributed by atoms with E-state index in [4.69, 9.17) is 0 Å². The molecule has 2 unspecified atom stereocenters. The molecule has 2 amide bonds. The second kappa shape index (κ2) is 7.48. The SMILES string of the molecule is CCN(CC(=O)NC(C)C)C(=O)C1CNCC(C)C1. The van der Waals surface area contributed by atoms with Gasteiger partial charge >= 0.3 is 0 Å². The zero-order valence-corrected chi connectivity index (χ0v) is 12.5. The molecule has 0 spiro atoms. The first kappa shape index (κ1) is 16.0. The lowest BCUT2D eigenvalue weighted by atomic mass is 9.91. The lowest BCUT2D eigenvalue weighted by Gasteiger charge is -2.31. The lowest BCUT2D eigenvalue weighted by Crippen LogP contribution is -2.48. The summed E-state index contributed by atoms with van der Waals surface area (Å²) < 4.78 is 0. The van der Waals surface area contributed by atoms with Crippen LogP contribution in [0.1, 0.15) is 34.1 Å². The number of rotatable bonds is 5. The summed E-state index contributed by atoms with van der Waals surface area (Å²) in [6, 6.07) is 0.109. The standard InChI is InChI=1S/C14H27N3O2/c1-5-17(9-13(18)16-10(2)3)14(19)12-6-11(4)7-15-8-12/h10-12,15H,5-9H2,1-4H3,(H,16,18). The molecule has 1 rings (SSSR count). The molecule has 110 valence electrons. The molecule has 19 heavy (non-hydrogen) atoms. The van der Waals surface area contributed by atoms with Crippen LogP contribution in [0, 0.1) is 11.8 Å². The third-order valence-electron chi connectivity index (χ3n) is 3.40. The Morgan fingerprint density at radius 1 is 1.37 bits per heavy atom. The number of nitrogens with zero attached hydrogens (tertiary/aromatic N) is 1. The maximum atomic E-state index is 12.4. The molecule has 2 atom stereocenters. The summed E-state index contributed by atoms with van der Waals surface area (Å²) >= 11 is 0. The molecule has 5 heteroatoms. The van der Waals surface area contributed by atoms with Gasteiger partial charge < -0.3 is 15.5 Å². The van der Waals surface area contributed by atoms with Crippen LogP contribution in [-0.4, -0.2) is 48.9 Å². The number of piperidine rings is 1. The Balaban J connectivity index is 2.53. The minimum atomic E-state index is -0.0815. The number of nitrogens with one attached hydrogen (secondary N) is 2. The number of hydrogen-bond donors (Lipinski definition) is 2. The molecule has 0 radical (unpaired) electrons. The van der Waals surface area contributed by atoms with Crippen LogP contribution in [0.15, 0.2) is 0 Å². The molecular weight excluding hydrogens is 242 g/mol. The second-order valence-corrected chi connectivity index (χ2v) is 5.77. The summed E-state index contributed by atoms with van der Waals surface area (Å²) in [7, 11) is 0. The van der Waals surface area contributed by atoms with Gasteiger partial charge in [-0.15, -0.1) is 0 Å². The highest BCUT2D eigenvalue weighted by Gasteiger charge is 2.28. The van der Waals surface area contributed by atoms with Crippen LogP contribution in [0.2, 0.25) is 0 Å². The summed E-state index contributed by atoms with van der Waals surface area (Å²) in [6.07, 6.45) is 0.911. The van der Waals surface area contributed by atoms with Gasteiger partial charge in [-0.05, 0) is 39.7 Å². The first-order valence-electron chi connectivity index (χ1n) is 7.22. The van der Waals surface area contributed by atoms with E-state index in [0.29, 0.717) is 12.5 Å². The molecule has 1 heterocycles. The zero-order valence-electron chi connectivity index (χ0n) is 12.5. The Hall–Kier alpha value is -1.10. The van der Waals surface area contributed by atoms with Crippen LogP contribution >= 0.6 is 0 Å². The van der Waals surface area contributed by atoms with Gasteiger partial charge in [0.2, 0.25) is 11.8 Å². The highest BCUT2D eigenvalue weighted by atomic mass is 16.2. The Bertz CT molecular complexity index is 318. The average molecular weight is 269 g/mol. The second-order valence-electron chi connectivity index (χ2n) is 5.77. The zero-order chi connectivity index (χ0) is 14.4. The third-order valence-corrected chi connectivity index (χ3v) is 3.40.